The fourth-order valence-electron chi connectivity index (χ4n) is 2.04. The van der Waals surface area contributed by atoms with Crippen molar-refractivity contribution in [3.8, 4) is 11.5 Å². The van der Waals surface area contributed by atoms with Gasteiger partial charge in [-0.05, 0) is 36.9 Å². The van der Waals surface area contributed by atoms with Crippen molar-refractivity contribution in [3.05, 3.63) is 52.8 Å². The number of benzene rings is 1. The number of aromatic nitrogens is 1. The highest BCUT2D eigenvalue weighted by Gasteiger charge is 2.15. The minimum absolute atomic E-state index is 0.0590. The van der Waals surface area contributed by atoms with E-state index in [1.54, 1.807) is 20.4 Å². The van der Waals surface area contributed by atoms with Crippen molar-refractivity contribution in [1.82, 2.24) is 10.3 Å². The van der Waals surface area contributed by atoms with Gasteiger partial charge in [0.1, 0.15) is 11.5 Å². The zero-order valence-corrected chi connectivity index (χ0v) is 12.4. The topological polar surface area (TPSA) is 43.4 Å². The molecule has 2 rings (SSSR count). The third-order valence-corrected chi connectivity index (χ3v) is 3.27. The van der Waals surface area contributed by atoms with Crippen LogP contribution in [-0.2, 0) is 0 Å². The Morgan fingerprint density at radius 2 is 1.75 bits per heavy atom. The van der Waals surface area contributed by atoms with E-state index in [1.165, 1.54) is 0 Å². The number of hydrogen-bond donors (Lipinski definition) is 1. The van der Waals surface area contributed by atoms with Crippen LogP contribution in [0.25, 0.3) is 0 Å². The van der Waals surface area contributed by atoms with Crippen molar-refractivity contribution in [3.63, 3.8) is 0 Å². The van der Waals surface area contributed by atoms with Gasteiger partial charge in [0.2, 0.25) is 0 Å². The lowest BCUT2D eigenvalue weighted by Crippen LogP contribution is -2.19. The second-order valence-electron chi connectivity index (χ2n) is 4.27. The molecule has 0 aliphatic carbocycles. The number of nitrogens with zero attached hydrogens (tertiary/aromatic N) is 1. The first kappa shape index (κ1) is 14.6. The molecule has 5 heteroatoms. The lowest BCUT2D eigenvalue weighted by Gasteiger charge is -2.18. The highest BCUT2D eigenvalue weighted by atomic mass is 35.5. The van der Waals surface area contributed by atoms with Crippen LogP contribution < -0.4 is 14.8 Å². The molecule has 1 atom stereocenters. The highest BCUT2D eigenvalue weighted by molar-refractivity contribution is 6.30. The summed E-state index contributed by atoms with van der Waals surface area (Å²) < 4.78 is 10.6. The summed E-state index contributed by atoms with van der Waals surface area (Å²) in [6.45, 7) is 0. The van der Waals surface area contributed by atoms with Crippen molar-refractivity contribution in [1.29, 1.82) is 0 Å². The maximum Gasteiger partial charge on any atom is 0.122 e. The van der Waals surface area contributed by atoms with Gasteiger partial charge in [0.15, 0.2) is 0 Å². The van der Waals surface area contributed by atoms with Crippen LogP contribution in [0.1, 0.15) is 17.3 Å². The van der Waals surface area contributed by atoms with E-state index in [0.29, 0.717) is 5.02 Å². The Kier molecular flexibility index (Phi) is 4.82. The van der Waals surface area contributed by atoms with Crippen molar-refractivity contribution in [2.24, 2.45) is 0 Å². The van der Waals surface area contributed by atoms with E-state index >= 15 is 0 Å². The number of nitrogens with one attached hydrogen (secondary N) is 1. The molecule has 20 heavy (non-hydrogen) atoms. The van der Waals surface area contributed by atoms with Gasteiger partial charge in [0.05, 0.1) is 31.0 Å². The molecule has 1 N–H and O–H groups in total. The summed E-state index contributed by atoms with van der Waals surface area (Å²) in [6, 6.07) is 9.42. The maximum atomic E-state index is 5.88. The first-order chi connectivity index (χ1) is 9.67. The Morgan fingerprint density at radius 1 is 1.10 bits per heavy atom. The summed E-state index contributed by atoms with van der Waals surface area (Å²) in [5.41, 5.74) is 1.89. The number of hydrogen-bond acceptors (Lipinski definition) is 4. The molecule has 0 aliphatic heterocycles. The number of ether oxygens (including phenoxy) is 2. The largest absolute Gasteiger partial charge is 0.497 e. The van der Waals surface area contributed by atoms with Crippen molar-refractivity contribution in [2.45, 2.75) is 6.04 Å². The van der Waals surface area contributed by atoms with Gasteiger partial charge in [-0.25, -0.2) is 0 Å². The smallest absolute Gasteiger partial charge is 0.122 e. The van der Waals surface area contributed by atoms with Crippen LogP contribution in [0.4, 0.5) is 0 Å². The zero-order chi connectivity index (χ0) is 14.5. The van der Waals surface area contributed by atoms with Crippen LogP contribution in [0.2, 0.25) is 5.02 Å². The van der Waals surface area contributed by atoms with E-state index in [1.807, 2.05) is 37.4 Å². The molecular weight excluding hydrogens is 276 g/mol. The first-order valence-corrected chi connectivity index (χ1v) is 6.57. The van der Waals surface area contributed by atoms with Gasteiger partial charge in [-0.1, -0.05) is 11.6 Å². The summed E-state index contributed by atoms with van der Waals surface area (Å²) in [5, 5.41) is 3.86. The molecule has 0 amide bonds. The zero-order valence-electron chi connectivity index (χ0n) is 11.7. The van der Waals surface area contributed by atoms with Gasteiger partial charge in [-0.3, -0.25) is 4.98 Å². The standard InChI is InChI=1S/C15H17ClN2O2/c1-17-15(14-5-4-11(16)9-18-14)10-6-12(19-2)8-13(7-10)20-3/h4-9,15,17H,1-3H3. The number of rotatable bonds is 5. The van der Waals surface area contributed by atoms with E-state index in [9.17, 15) is 0 Å². The summed E-state index contributed by atoms with van der Waals surface area (Å²) >= 11 is 5.88. The van der Waals surface area contributed by atoms with Crippen LogP contribution in [0.15, 0.2) is 36.5 Å². The molecule has 0 bridgehead atoms. The molecule has 0 radical (unpaired) electrons. The van der Waals surface area contributed by atoms with E-state index in [-0.39, 0.29) is 6.04 Å². The molecule has 1 heterocycles. The second kappa shape index (κ2) is 6.59. The monoisotopic (exact) mass is 292 g/mol. The first-order valence-electron chi connectivity index (χ1n) is 6.19. The SMILES string of the molecule is CNC(c1cc(OC)cc(OC)c1)c1ccc(Cl)cn1. The molecule has 1 unspecified atom stereocenters. The van der Waals surface area contributed by atoms with Gasteiger partial charge >= 0.3 is 0 Å². The quantitative estimate of drug-likeness (QED) is 0.920. The molecule has 0 saturated heterocycles. The number of pyridine rings is 1. The molecule has 0 aliphatic rings. The average molecular weight is 293 g/mol. The van der Waals surface area contributed by atoms with Crippen LogP contribution >= 0.6 is 11.6 Å². The highest BCUT2D eigenvalue weighted by Crippen LogP contribution is 2.29. The number of halogens is 1. The molecule has 1 aromatic carbocycles. The fraction of sp³-hybridized carbons (Fsp3) is 0.267. The molecule has 106 valence electrons. The van der Waals surface area contributed by atoms with E-state index in [4.69, 9.17) is 21.1 Å². The van der Waals surface area contributed by atoms with Crippen LogP contribution in [0.5, 0.6) is 11.5 Å². The predicted molar refractivity (Wildman–Crippen MR) is 79.7 cm³/mol. The number of methoxy groups -OCH3 is 2. The molecular formula is C15H17ClN2O2. The van der Waals surface area contributed by atoms with E-state index in [2.05, 4.69) is 10.3 Å². The summed E-state index contributed by atoms with van der Waals surface area (Å²) in [4.78, 5) is 4.36. The summed E-state index contributed by atoms with van der Waals surface area (Å²) in [5.74, 6) is 1.49. The third kappa shape index (κ3) is 3.21. The molecule has 4 nitrogen and oxygen atoms in total. The second-order valence-corrected chi connectivity index (χ2v) is 4.71. The van der Waals surface area contributed by atoms with Crippen molar-refractivity contribution < 1.29 is 9.47 Å². The Labute approximate surface area is 123 Å². The molecule has 2 aromatic rings. The average Bonchev–Trinajstić information content (AvgIpc) is 2.49. The van der Waals surface area contributed by atoms with Crippen LogP contribution in [0, 0.1) is 0 Å². The van der Waals surface area contributed by atoms with Crippen LogP contribution in [-0.4, -0.2) is 26.3 Å². The van der Waals surface area contributed by atoms with Gasteiger partial charge in [0.25, 0.3) is 0 Å². The van der Waals surface area contributed by atoms with Gasteiger partial charge in [0, 0.05) is 12.3 Å². The lowest BCUT2D eigenvalue weighted by molar-refractivity contribution is 0.392. The Bertz CT molecular complexity index is 550. The van der Waals surface area contributed by atoms with Crippen LogP contribution in [0.3, 0.4) is 0 Å². The normalized spacial score (nSPS) is 12.0. The van der Waals surface area contributed by atoms with Crippen molar-refractivity contribution in [2.75, 3.05) is 21.3 Å². The fourth-order valence-corrected chi connectivity index (χ4v) is 2.15. The lowest BCUT2D eigenvalue weighted by atomic mass is 10.0. The van der Waals surface area contributed by atoms with Gasteiger partial charge < -0.3 is 14.8 Å². The summed E-state index contributed by atoms with van der Waals surface area (Å²) in [6.07, 6.45) is 1.64. The third-order valence-electron chi connectivity index (χ3n) is 3.04. The Balaban J connectivity index is 2.42. The predicted octanol–water partition coefficient (Wildman–Crippen LogP) is 3.06. The molecule has 0 spiro atoms. The Hall–Kier alpha value is -1.78. The van der Waals surface area contributed by atoms with E-state index < -0.39 is 0 Å². The van der Waals surface area contributed by atoms with Crippen molar-refractivity contribution >= 4 is 11.6 Å². The van der Waals surface area contributed by atoms with Gasteiger partial charge in [-0.15, -0.1) is 0 Å². The molecule has 0 fully saturated rings. The maximum absolute atomic E-state index is 5.88. The minimum Gasteiger partial charge on any atom is -0.497 e. The molecule has 0 saturated carbocycles. The van der Waals surface area contributed by atoms with Gasteiger partial charge in [-0.2, -0.15) is 0 Å². The summed E-state index contributed by atoms with van der Waals surface area (Å²) in [7, 11) is 5.15. The molecule has 1 aromatic heterocycles. The minimum atomic E-state index is -0.0590. The van der Waals surface area contributed by atoms with E-state index in [0.717, 1.165) is 22.8 Å². The Morgan fingerprint density at radius 3 is 2.20 bits per heavy atom.